The van der Waals surface area contributed by atoms with Crippen LogP contribution < -0.4 is 5.32 Å². The van der Waals surface area contributed by atoms with Crippen LogP contribution in [0.3, 0.4) is 0 Å². The zero-order chi connectivity index (χ0) is 20.5. The minimum atomic E-state index is -0.0948. The van der Waals surface area contributed by atoms with Crippen LogP contribution in [0.5, 0.6) is 0 Å². The van der Waals surface area contributed by atoms with E-state index in [9.17, 15) is 4.79 Å². The zero-order valence-electron chi connectivity index (χ0n) is 15.4. The van der Waals surface area contributed by atoms with Crippen LogP contribution in [0, 0.1) is 6.92 Å². The molecular weight excluding hydrogens is 449 g/mol. The van der Waals surface area contributed by atoms with Gasteiger partial charge in [0.1, 0.15) is 10.8 Å². The van der Waals surface area contributed by atoms with E-state index < -0.39 is 0 Å². The van der Waals surface area contributed by atoms with E-state index in [1.165, 1.54) is 23.1 Å². The average molecular weight is 464 g/mol. The third kappa shape index (κ3) is 4.40. The Bertz CT molecular complexity index is 1200. The number of carbonyl (C=O) groups excluding carboxylic acids is 1. The fourth-order valence-corrected chi connectivity index (χ4v) is 4.74. The molecule has 0 unspecified atom stereocenters. The normalized spacial score (nSPS) is 11.2. The number of aromatic nitrogens is 4. The van der Waals surface area contributed by atoms with Crippen molar-refractivity contribution in [1.29, 1.82) is 0 Å². The Balaban J connectivity index is 1.47. The second-order valence-electron chi connectivity index (χ2n) is 6.25. The fourth-order valence-electron chi connectivity index (χ4n) is 2.81. The van der Waals surface area contributed by atoms with Crippen molar-refractivity contribution in [3.63, 3.8) is 0 Å². The summed E-state index contributed by atoms with van der Waals surface area (Å²) in [5.41, 5.74) is 3.32. The van der Waals surface area contributed by atoms with Gasteiger partial charge < -0.3 is 9.88 Å². The van der Waals surface area contributed by atoms with E-state index in [0.29, 0.717) is 10.0 Å². The average Bonchev–Trinajstić information content (AvgIpc) is 3.25. The van der Waals surface area contributed by atoms with Crippen molar-refractivity contribution >= 4 is 68.9 Å². The number of carbonyl (C=O) groups is 1. The van der Waals surface area contributed by atoms with E-state index in [0.717, 1.165) is 37.5 Å². The van der Waals surface area contributed by atoms with Crippen LogP contribution in [0.15, 0.2) is 40.7 Å². The monoisotopic (exact) mass is 463 g/mol. The predicted octanol–water partition coefficient (Wildman–Crippen LogP) is 5.44. The Labute approximate surface area is 185 Å². The predicted molar refractivity (Wildman–Crippen MR) is 120 cm³/mol. The summed E-state index contributed by atoms with van der Waals surface area (Å²) in [7, 11) is 1.93. The summed E-state index contributed by atoms with van der Waals surface area (Å²) >= 11 is 15.1. The van der Waals surface area contributed by atoms with Gasteiger partial charge in [-0.25, -0.2) is 4.98 Å². The molecular formula is C19H15Cl2N5OS2. The minimum Gasteiger partial charge on any atom is -0.327 e. The molecule has 2 aromatic carbocycles. The molecule has 6 nitrogen and oxygen atoms in total. The van der Waals surface area contributed by atoms with Gasteiger partial charge in [0.25, 0.3) is 0 Å². The number of amides is 1. The van der Waals surface area contributed by atoms with Crippen LogP contribution in [0.2, 0.25) is 10.0 Å². The van der Waals surface area contributed by atoms with Gasteiger partial charge >= 0.3 is 0 Å². The Morgan fingerprint density at radius 1 is 1.17 bits per heavy atom. The number of hydrogen-bond donors (Lipinski definition) is 1. The molecule has 2 heterocycles. The number of benzene rings is 2. The van der Waals surface area contributed by atoms with Crippen molar-refractivity contribution < 1.29 is 4.79 Å². The number of hydrogen-bond acceptors (Lipinski definition) is 6. The fraction of sp³-hybridized carbons (Fsp3) is 0.158. The van der Waals surface area contributed by atoms with Crippen LogP contribution in [-0.4, -0.2) is 31.4 Å². The quantitative estimate of drug-likeness (QED) is 0.399. The van der Waals surface area contributed by atoms with Crippen LogP contribution in [0.1, 0.15) is 5.01 Å². The van der Waals surface area contributed by atoms with Crippen LogP contribution in [0.4, 0.5) is 5.69 Å². The smallest absolute Gasteiger partial charge is 0.234 e. The number of thioether (sulfide) groups is 1. The number of rotatable bonds is 5. The van der Waals surface area contributed by atoms with Crippen LogP contribution in [0.25, 0.3) is 22.4 Å². The number of imidazole rings is 1. The molecule has 0 aliphatic rings. The first-order valence-corrected chi connectivity index (χ1v) is 11.1. The van der Waals surface area contributed by atoms with E-state index in [1.54, 1.807) is 12.1 Å². The highest BCUT2D eigenvalue weighted by atomic mass is 35.5. The maximum Gasteiger partial charge on any atom is 0.234 e. The van der Waals surface area contributed by atoms with Gasteiger partial charge in [-0.1, -0.05) is 46.3 Å². The second-order valence-corrected chi connectivity index (χ2v) is 9.47. The summed E-state index contributed by atoms with van der Waals surface area (Å²) in [4.78, 5) is 16.8. The first kappa shape index (κ1) is 20.2. The third-order valence-electron chi connectivity index (χ3n) is 4.18. The summed E-state index contributed by atoms with van der Waals surface area (Å²) in [6.07, 6.45) is 0. The lowest BCUT2D eigenvalue weighted by Crippen LogP contribution is -2.13. The van der Waals surface area contributed by atoms with E-state index in [2.05, 4.69) is 20.5 Å². The number of nitrogens with zero attached hydrogens (tertiary/aromatic N) is 4. The Hall–Kier alpha value is -2.13. The van der Waals surface area contributed by atoms with Crippen LogP contribution in [-0.2, 0) is 11.8 Å². The number of halogens is 2. The van der Waals surface area contributed by atoms with E-state index in [4.69, 9.17) is 23.2 Å². The summed E-state index contributed by atoms with van der Waals surface area (Å²) in [6.45, 7) is 1.89. The van der Waals surface area contributed by atoms with Crippen LogP contribution >= 0.6 is 46.3 Å². The summed E-state index contributed by atoms with van der Waals surface area (Å²) in [5, 5.41) is 12.7. The highest BCUT2D eigenvalue weighted by Gasteiger charge is 2.13. The number of anilines is 1. The van der Waals surface area contributed by atoms with Gasteiger partial charge in [0.2, 0.25) is 5.91 Å². The molecule has 10 heteroatoms. The largest absolute Gasteiger partial charge is 0.327 e. The standard InChI is InChI=1S/C19H15Cl2N5OS2/c1-10-24-25-19(29-10)28-9-17(27)22-12-5-3-11(4-6-12)18-23-15-7-13(20)14(21)8-16(15)26(18)2/h3-8H,9H2,1-2H3,(H,22,27). The van der Waals surface area contributed by atoms with Crippen molar-refractivity contribution in [2.45, 2.75) is 11.3 Å². The Morgan fingerprint density at radius 3 is 2.59 bits per heavy atom. The molecule has 0 fully saturated rings. The van der Waals surface area contributed by atoms with Gasteiger partial charge in [0, 0.05) is 18.3 Å². The van der Waals surface area contributed by atoms with Crippen molar-refractivity contribution in [1.82, 2.24) is 19.7 Å². The summed E-state index contributed by atoms with van der Waals surface area (Å²) in [5.74, 6) is 0.976. The molecule has 0 saturated heterocycles. The van der Waals surface area contributed by atoms with Crippen molar-refractivity contribution in [3.8, 4) is 11.4 Å². The zero-order valence-corrected chi connectivity index (χ0v) is 18.6. The number of fused-ring (bicyclic) bond motifs is 1. The molecule has 2 aromatic heterocycles. The van der Waals surface area contributed by atoms with E-state index >= 15 is 0 Å². The van der Waals surface area contributed by atoms with E-state index in [-0.39, 0.29) is 11.7 Å². The topological polar surface area (TPSA) is 72.7 Å². The summed E-state index contributed by atoms with van der Waals surface area (Å²) in [6, 6.07) is 11.1. The third-order valence-corrected chi connectivity index (χ3v) is 6.88. The maximum atomic E-state index is 12.2. The van der Waals surface area contributed by atoms with Crippen molar-refractivity contribution in [3.05, 3.63) is 51.5 Å². The van der Waals surface area contributed by atoms with E-state index in [1.807, 2.05) is 42.8 Å². The first-order valence-electron chi connectivity index (χ1n) is 8.55. The van der Waals surface area contributed by atoms with Gasteiger partial charge in [-0.05, 0) is 43.3 Å². The molecule has 0 radical (unpaired) electrons. The van der Waals surface area contributed by atoms with Gasteiger partial charge in [-0.3, -0.25) is 4.79 Å². The number of aryl methyl sites for hydroxylation is 2. The minimum absolute atomic E-state index is 0.0948. The Morgan fingerprint density at radius 2 is 1.90 bits per heavy atom. The lowest BCUT2D eigenvalue weighted by Gasteiger charge is -2.06. The second kappa shape index (κ2) is 8.31. The van der Waals surface area contributed by atoms with Gasteiger partial charge in [-0.15, -0.1) is 10.2 Å². The number of nitrogens with one attached hydrogen (secondary N) is 1. The molecule has 0 aliphatic carbocycles. The molecule has 29 heavy (non-hydrogen) atoms. The molecule has 1 amide bonds. The summed E-state index contributed by atoms with van der Waals surface area (Å²) < 4.78 is 2.75. The molecule has 0 bridgehead atoms. The SMILES string of the molecule is Cc1nnc(SCC(=O)Nc2ccc(-c3nc4cc(Cl)c(Cl)cc4n3C)cc2)s1. The highest BCUT2D eigenvalue weighted by molar-refractivity contribution is 8.01. The lowest BCUT2D eigenvalue weighted by atomic mass is 10.2. The maximum absolute atomic E-state index is 12.2. The van der Waals surface area contributed by atoms with Gasteiger partial charge in [0.05, 0.1) is 26.8 Å². The molecule has 4 aromatic rings. The van der Waals surface area contributed by atoms with Gasteiger partial charge in [0.15, 0.2) is 4.34 Å². The van der Waals surface area contributed by atoms with Gasteiger partial charge in [-0.2, -0.15) is 0 Å². The molecule has 0 spiro atoms. The molecule has 4 rings (SSSR count). The molecule has 0 saturated carbocycles. The lowest BCUT2D eigenvalue weighted by molar-refractivity contribution is -0.113. The van der Waals surface area contributed by atoms with Crippen molar-refractivity contribution in [2.75, 3.05) is 11.1 Å². The first-order chi connectivity index (χ1) is 13.9. The van der Waals surface area contributed by atoms with Crippen molar-refractivity contribution in [2.24, 2.45) is 7.05 Å². The molecule has 0 aliphatic heterocycles. The molecule has 148 valence electrons. The highest BCUT2D eigenvalue weighted by Crippen LogP contribution is 2.31. The molecule has 1 N–H and O–H groups in total. The Kier molecular flexibility index (Phi) is 5.78. The molecule has 0 atom stereocenters.